The van der Waals surface area contributed by atoms with Crippen molar-refractivity contribution in [2.45, 2.75) is 25.4 Å². The number of aromatic nitrogens is 2. The molecule has 2 aliphatic rings. The Morgan fingerprint density at radius 1 is 1.33 bits per heavy atom. The number of hydrogen-bond donors (Lipinski definition) is 2. The van der Waals surface area contributed by atoms with Crippen LogP contribution in [0.4, 0.5) is 5.69 Å². The van der Waals surface area contributed by atoms with Crippen LogP contribution in [0.1, 0.15) is 23.7 Å². The van der Waals surface area contributed by atoms with Crippen LogP contribution in [-0.4, -0.2) is 35.1 Å². The molecule has 6 heteroatoms. The van der Waals surface area contributed by atoms with E-state index in [1.807, 2.05) is 23.2 Å². The number of carbonyl (C=O) groups is 1. The Labute approximate surface area is 141 Å². The molecule has 2 aromatic rings. The van der Waals surface area contributed by atoms with Crippen molar-refractivity contribution >= 4 is 11.6 Å². The van der Waals surface area contributed by atoms with Crippen molar-refractivity contribution < 1.29 is 4.79 Å². The number of nitrogens with one attached hydrogen (secondary N) is 1. The highest BCUT2D eigenvalue weighted by atomic mass is 16.2. The third-order valence-electron chi connectivity index (χ3n) is 5.09. The van der Waals surface area contributed by atoms with E-state index in [0.29, 0.717) is 32.1 Å². The van der Waals surface area contributed by atoms with Crippen LogP contribution in [0.5, 0.6) is 0 Å². The van der Waals surface area contributed by atoms with Crippen LogP contribution in [0.3, 0.4) is 0 Å². The summed E-state index contributed by atoms with van der Waals surface area (Å²) >= 11 is 0. The van der Waals surface area contributed by atoms with Gasteiger partial charge in [0.15, 0.2) is 0 Å². The first kappa shape index (κ1) is 15.4. The average molecular weight is 325 g/mol. The predicted molar refractivity (Wildman–Crippen MR) is 92.6 cm³/mol. The van der Waals surface area contributed by atoms with Crippen LogP contribution in [0.25, 0.3) is 0 Å². The maximum atomic E-state index is 13.2. The standard InChI is InChI=1S/C18H23N5O/c19-6-5-13-12-23(16-4-2-1-3-15(13)16)18(24)14-9-20-10-17-21-7-8-22(17)11-14/h1-4,7-8,13-14,20H,5-6,9-12,19H2. The van der Waals surface area contributed by atoms with Crippen molar-refractivity contribution in [1.29, 1.82) is 0 Å². The maximum absolute atomic E-state index is 13.2. The van der Waals surface area contributed by atoms with E-state index >= 15 is 0 Å². The lowest BCUT2D eigenvalue weighted by Crippen LogP contribution is -2.40. The number of benzene rings is 1. The second-order valence-corrected chi connectivity index (χ2v) is 6.61. The fourth-order valence-electron chi connectivity index (χ4n) is 3.87. The smallest absolute Gasteiger partial charge is 0.233 e. The molecule has 4 rings (SSSR count). The molecule has 0 bridgehead atoms. The quantitative estimate of drug-likeness (QED) is 0.885. The summed E-state index contributed by atoms with van der Waals surface area (Å²) < 4.78 is 2.09. The second-order valence-electron chi connectivity index (χ2n) is 6.61. The summed E-state index contributed by atoms with van der Waals surface area (Å²) in [5, 5.41) is 3.35. The van der Waals surface area contributed by atoms with Crippen LogP contribution >= 0.6 is 0 Å². The average Bonchev–Trinajstić information content (AvgIpc) is 3.13. The molecule has 3 heterocycles. The number of hydrogen-bond acceptors (Lipinski definition) is 4. The normalized spacial score (nSPS) is 22.8. The third-order valence-corrected chi connectivity index (χ3v) is 5.09. The Morgan fingerprint density at radius 3 is 3.08 bits per heavy atom. The number of carbonyl (C=O) groups excluding carboxylic acids is 1. The number of nitrogens with two attached hydrogens (primary N) is 1. The Bertz CT molecular complexity index is 741. The molecule has 24 heavy (non-hydrogen) atoms. The van der Waals surface area contributed by atoms with Gasteiger partial charge in [-0.2, -0.15) is 0 Å². The highest BCUT2D eigenvalue weighted by Gasteiger charge is 2.35. The number of rotatable bonds is 3. The van der Waals surface area contributed by atoms with E-state index in [9.17, 15) is 4.79 Å². The zero-order valence-electron chi connectivity index (χ0n) is 13.7. The Morgan fingerprint density at radius 2 is 2.21 bits per heavy atom. The van der Waals surface area contributed by atoms with Crippen LogP contribution in [-0.2, 0) is 17.9 Å². The van der Waals surface area contributed by atoms with Crippen LogP contribution in [0, 0.1) is 5.92 Å². The van der Waals surface area contributed by atoms with E-state index in [0.717, 1.165) is 24.5 Å². The Balaban J connectivity index is 1.59. The minimum atomic E-state index is -0.0786. The molecule has 3 N–H and O–H groups in total. The molecule has 1 aromatic carbocycles. The van der Waals surface area contributed by atoms with Gasteiger partial charge in [0.2, 0.25) is 5.91 Å². The molecule has 2 atom stereocenters. The largest absolute Gasteiger partial charge is 0.333 e. The Hall–Kier alpha value is -2.18. The van der Waals surface area contributed by atoms with E-state index in [4.69, 9.17) is 5.73 Å². The summed E-state index contributed by atoms with van der Waals surface area (Å²) in [6.07, 6.45) is 4.67. The number of anilines is 1. The summed E-state index contributed by atoms with van der Waals surface area (Å²) in [7, 11) is 0. The molecule has 2 unspecified atom stereocenters. The fraction of sp³-hybridized carbons (Fsp3) is 0.444. The summed E-state index contributed by atoms with van der Waals surface area (Å²) in [4.78, 5) is 19.5. The number of nitrogens with zero attached hydrogens (tertiary/aromatic N) is 3. The van der Waals surface area contributed by atoms with Gasteiger partial charge in [0.1, 0.15) is 5.82 Å². The van der Waals surface area contributed by atoms with Crippen molar-refractivity contribution in [2.75, 3.05) is 24.5 Å². The van der Waals surface area contributed by atoms with E-state index in [1.54, 1.807) is 6.20 Å². The molecule has 0 fully saturated rings. The number of para-hydroxylation sites is 1. The van der Waals surface area contributed by atoms with Crippen molar-refractivity contribution in [3.63, 3.8) is 0 Å². The molecule has 0 spiro atoms. The molecule has 0 saturated carbocycles. The highest BCUT2D eigenvalue weighted by molar-refractivity contribution is 5.97. The lowest BCUT2D eigenvalue weighted by molar-refractivity contribution is -0.122. The van der Waals surface area contributed by atoms with Gasteiger partial charge in [-0.15, -0.1) is 0 Å². The summed E-state index contributed by atoms with van der Waals surface area (Å²) in [6.45, 7) is 3.46. The van der Waals surface area contributed by atoms with Gasteiger partial charge in [-0.05, 0) is 24.6 Å². The summed E-state index contributed by atoms with van der Waals surface area (Å²) in [5.41, 5.74) is 8.07. The molecule has 6 nitrogen and oxygen atoms in total. The monoisotopic (exact) mass is 325 g/mol. The van der Waals surface area contributed by atoms with Gasteiger partial charge in [0.05, 0.1) is 12.5 Å². The minimum Gasteiger partial charge on any atom is -0.333 e. The molecule has 1 aromatic heterocycles. The van der Waals surface area contributed by atoms with Crippen molar-refractivity contribution in [2.24, 2.45) is 11.7 Å². The first-order valence-corrected chi connectivity index (χ1v) is 8.59. The van der Waals surface area contributed by atoms with Gasteiger partial charge in [0, 0.05) is 43.6 Å². The van der Waals surface area contributed by atoms with Crippen molar-refractivity contribution in [3.8, 4) is 0 Å². The minimum absolute atomic E-state index is 0.0786. The Kier molecular flexibility index (Phi) is 4.08. The molecule has 0 saturated heterocycles. The zero-order chi connectivity index (χ0) is 16.5. The van der Waals surface area contributed by atoms with E-state index < -0.39 is 0 Å². The lowest BCUT2D eigenvalue weighted by Gasteiger charge is -2.24. The van der Waals surface area contributed by atoms with Crippen LogP contribution in [0.2, 0.25) is 0 Å². The van der Waals surface area contributed by atoms with E-state index in [1.165, 1.54) is 5.56 Å². The topological polar surface area (TPSA) is 76.2 Å². The summed E-state index contributed by atoms with van der Waals surface area (Å²) in [6, 6.07) is 8.23. The van der Waals surface area contributed by atoms with Gasteiger partial charge in [-0.25, -0.2) is 4.98 Å². The van der Waals surface area contributed by atoms with Gasteiger partial charge in [0.25, 0.3) is 0 Å². The van der Waals surface area contributed by atoms with Crippen LogP contribution in [0.15, 0.2) is 36.7 Å². The molecule has 126 valence electrons. The molecule has 0 aliphatic carbocycles. The summed E-state index contributed by atoms with van der Waals surface area (Å²) in [5.74, 6) is 1.45. The fourth-order valence-corrected chi connectivity index (χ4v) is 3.87. The SMILES string of the molecule is NCCC1CN(C(=O)C2CNCc3nccn3C2)c2ccccc21. The number of imidazole rings is 1. The second kappa shape index (κ2) is 6.37. The van der Waals surface area contributed by atoms with Gasteiger partial charge in [-0.1, -0.05) is 18.2 Å². The number of fused-ring (bicyclic) bond motifs is 2. The molecule has 1 amide bonds. The number of amides is 1. The molecular weight excluding hydrogens is 302 g/mol. The highest BCUT2D eigenvalue weighted by Crippen LogP contribution is 2.38. The lowest BCUT2D eigenvalue weighted by atomic mass is 9.98. The third kappa shape index (κ3) is 2.61. The van der Waals surface area contributed by atoms with E-state index in [2.05, 4.69) is 27.0 Å². The van der Waals surface area contributed by atoms with Gasteiger partial charge >= 0.3 is 0 Å². The van der Waals surface area contributed by atoms with Gasteiger partial charge < -0.3 is 20.5 Å². The van der Waals surface area contributed by atoms with Crippen LogP contribution < -0.4 is 16.0 Å². The maximum Gasteiger partial charge on any atom is 0.233 e. The van der Waals surface area contributed by atoms with Crippen molar-refractivity contribution in [3.05, 3.63) is 48.0 Å². The van der Waals surface area contributed by atoms with E-state index in [-0.39, 0.29) is 11.8 Å². The molecule has 0 radical (unpaired) electrons. The molecule has 2 aliphatic heterocycles. The zero-order valence-corrected chi connectivity index (χ0v) is 13.7. The van der Waals surface area contributed by atoms with Gasteiger partial charge in [-0.3, -0.25) is 4.79 Å². The predicted octanol–water partition coefficient (Wildman–Crippen LogP) is 1.08. The first-order chi connectivity index (χ1) is 11.8. The first-order valence-electron chi connectivity index (χ1n) is 8.59. The molecular formula is C18H23N5O. The van der Waals surface area contributed by atoms with Crippen molar-refractivity contribution in [1.82, 2.24) is 14.9 Å².